The number of aliphatic hydroxyl groups is 3. The second kappa shape index (κ2) is 15.9. The molecule has 200 valence electrons. The normalized spacial score (nSPS) is 33.9. The van der Waals surface area contributed by atoms with Gasteiger partial charge in [0.05, 0.1) is 17.5 Å². The van der Waals surface area contributed by atoms with Crippen molar-refractivity contribution in [2.45, 2.75) is 138 Å². The molecule has 0 spiro atoms. The molecule has 1 amide bonds. The largest absolute Gasteiger partial charge is 0.388 e. The predicted octanol–water partition coefficient (Wildman–Crippen LogP) is 3.12. The fraction of sp³-hybridized carbons (Fsp3) is 0.960. The average Bonchev–Trinajstić information content (AvgIpc) is 2.82. The Labute approximate surface area is 216 Å². The molecule has 0 aromatic rings. The van der Waals surface area contributed by atoms with E-state index in [2.05, 4.69) is 30.2 Å². The van der Waals surface area contributed by atoms with Crippen LogP contribution in [0.25, 0.3) is 0 Å². The Morgan fingerprint density at radius 2 is 1.68 bits per heavy atom. The third-order valence-electron chi connectivity index (χ3n) is 7.33. The van der Waals surface area contributed by atoms with Crippen LogP contribution in [0.4, 0.5) is 0 Å². The molecule has 7 nitrogen and oxygen atoms in total. The Hall–Kier alpha value is -0.0900. The van der Waals surface area contributed by atoms with Crippen LogP contribution in [0.3, 0.4) is 0 Å². The van der Waals surface area contributed by atoms with Crippen LogP contribution < -0.4 is 10.6 Å². The van der Waals surface area contributed by atoms with Gasteiger partial charge in [0, 0.05) is 0 Å². The number of ether oxygens (including phenoxy) is 1. The van der Waals surface area contributed by atoms with Gasteiger partial charge in [-0.25, -0.2) is 0 Å². The second-order valence-electron chi connectivity index (χ2n) is 10.2. The lowest BCUT2D eigenvalue weighted by Crippen LogP contribution is -2.65. The van der Waals surface area contributed by atoms with Gasteiger partial charge in [-0.15, -0.1) is 24.2 Å². The van der Waals surface area contributed by atoms with Crippen molar-refractivity contribution in [2.75, 3.05) is 6.54 Å². The van der Waals surface area contributed by atoms with E-state index >= 15 is 0 Å². The number of aliphatic hydroxyl groups excluding tert-OH is 3. The molecule has 2 aliphatic rings. The topological polar surface area (TPSA) is 111 Å². The number of halogens is 1. The van der Waals surface area contributed by atoms with Gasteiger partial charge in [0.2, 0.25) is 5.91 Å². The minimum atomic E-state index is -1.43. The molecule has 2 rings (SSSR count). The molecule has 0 bridgehead atoms. The summed E-state index contributed by atoms with van der Waals surface area (Å²) in [6.07, 6.45) is 9.70. The number of hydrogen-bond donors (Lipinski definition) is 6. The molecular weight excluding hydrogens is 476 g/mol. The van der Waals surface area contributed by atoms with Crippen molar-refractivity contribution in [1.29, 1.82) is 0 Å². The smallest absolute Gasteiger partial charge is 0.237 e. The van der Waals surface area contributed by atoms with Gasteiger partial charge in [0.25, 0.3) is 0 Å². The summed E-state index contributed by atoms with van der Waals surface area (Å²) in [5, 5.41) is 36.1. The quantitative estimate of drug-likeness (QED) is 0.119. The summed E-state index contributed by atoms with van der Waals surface area (Å²) in [5.74, 6) is 0.338. The molecular formula is C25H47ClN2O5S. The van der Waals surface area contributed by atoms with Gasteiger partial charge >= 0.3 is 0 Å². The zero-order valence-electron chi connectivity index (χ0n) is 20.9. The summed E-state index contributed by atoms with van der Waals surface area (Å²) >= 11 is 10.5. The van der Waals surface area contributed by atoms with Crippen LogP contribution in [0.2, 0.25) is 0 Å². The number of rotatable bonds is 14. The van der Waals surface area contributed by atoms with Crippen molar-refractivity contribution < 1.29 is 24.9 Å². The first kappa shape index (κ1) is 30.1. The van der Waals surface area contributed by atoms with Crippen molar-refractivity contribution >= 4 is 30.1 Å². The summed E-state index contributed by atoms with van der Waals surface area (Å²) in [7, 11) is 0. The zero-order valence-corrected chi connectivity index (χ0v) is 22.5. The fourth-order valence-corrected chi connectivity index (χ4v) is 5.63. The molecule has 2 heterocycles. The van der Waals surface area contributed by atoms with Crippen LogP contribution in [-0.4, -0.2) is 75.1 Å². The molecule has 0 radical (unpaired) electrons. The molecule has 9 heteroatoms. The Morgan fingerprint density at radius 1 is 1.06 bits per heavy atom. The zero-order chi connectivity index (χ0) is 25.1. The maximum atomic E-state index is 13.1. The van der Waals surface area contributed by atoms with Gasteiger partial charge in [0.1, 0.15) is 29.9 Å². The minimum absolute atomic E-state index is 0.179. The first-order chi connectivity index (χ1) is 16.3. The fourth-order valence-electron chi connectivity index (χ4n) is 5.11. The summed E-state index contributed by atoms with van der Waals surface area (Å²) in [6, 6.07) is -1.06. The number of hydrogen-bond acceptors (Lipinski definition) is 7. The van der Waals surface area contributed by atoms with E-state index in [1.807, 2.05) is 0 Å². The third-order valence-corrected chi connectivity index (χ3v) is 8.03. The summed E-state index contributed by atoms with van der Waals surface area (Å²) < 4.78 is 5.61. The Kier molecular flexibility index (Phi) is 14.1. The lowest BCUT2D eigenvalue weighted by Gasteiger charge is -2.43. The molecule has 34 heavy (non-hydrogen) atoms. The SMILES string of the molecule is CCCCCCCCCCC[C@@H]1CCN[C@H](C(=O)NC(C(C)Cl)[C@H]2O[C@H](S)[C@H](O)[C@@H](O)[C@H]2O)C1. The number of carbonyl (C=O) groups is 1. The second-order valence-corrected chi connectivity index (χ2v) is 11.4. The minimum Gasteiger partial charge on any atom is -0.388 e. The Morgan fingerprint density at radius 3 is 2.29 bits per heavy atom. The summed E-state index contributed by atoms with van der Waals surface area (Å²) in [6.45, 7) is 4.75. The van der Waals surface area contributed by atoms with Gasteiger partial charge in [-0.1, -0.05) is 71.1 Å². The Balaban J connectivity index is 1.76. The number of amides is 1. The highest BCUT2D eigenvalue weighted by atomic mass is 35.5. The van der Waals surface area contributed by atoms with E-state index in [1.165, 1.54) is 57.8 Å². The molecule has 0 saturated carbocycles. The molecule has 0 aromatic heterocycles. The van der Waals surface area contributed by atoms with Crippen molar-refractivity contribution in [3.05, 3.63) is 0 Å². The number of nitrogens with one attached hydrogen (secondary N) is 2. The predicted molar refractivity (Wildman–Crippen MR) is 139 cm³/mol. The molecule has 9 atom stereocenters. The van der Waals surface area contributed by atoms with Crippen LogP contribution in [0.15, 0.2) is 0 Å². The van der Waals surface area contributed by atoms with E-state index in [0.29, 0.717) is 5.92 Å². The van der Waals surface area contributed by atoms with E-state index in [4.69, 9.17) is 16.3 Å². The summed E-state index contributed by atoms with van der Waals surface area (Å²) in [5.41, 5.74) is -0.980. The number of thiol groups is 1. The van der Waals surface area contributed by atoms with Gasteiger partial charge in [-0.3, -0.25) is 4.79 Å². The number of alkyl halides is 1. The van der Waals surface area contributed by atoms with E-state index in [-0.39, 0.29) is 11.9 Å². The molecule has 2 saturated heterocycles. The van der Waals surface area contributed by atoms with Crippen LogP contribution in [0.1, 0.15) is 90.9 Å². The highest BCUT2D eigenvalue weighted by Gasteiger charge is 2.47. The maximum absolute atomic E-state index is 13.1. The molecule has 0 aliphatic carbocycles. The molecule has 2 aliphatic heterocycles. The molecule has 0 aromatic carbocycles. The van der Waals surface area contributed by atoms with Crippen LogP contribution in [0, 0.1) is 5.92 Å². The standard InChI is InChI=1S/C25H47ClN2O5S/c1-3-4-5-6-7-8-9-10-11-12-17-13-14-27-18(15-17)24(32)28-19(16(2)26)23-21(30)20(29)22(31)25(34)33-23/h16-23,25,27,29-31,34H,3-15H2,1-2H3,(H,28,32)/t16?,17-,18+,19?,20+,21-,22-,23-,25-/m1/s1. The molecule has 5 N–H and O–H groups in total. The van der Waals surface area contributed by atoms with E-state index in [1.54, 1.807) is 6.92 Å². The number of piperidine rings is 1. The van der Waals surface area contributed by atoms with E-state index < -0.39 is 41.3 Å². The van der Waals surface area contributed by atoms with Crippen molar-refractivity contribution in [3.63, 3.8) is 0 Å². The average molecular weight is 523 g/mol. The lowest BCUT2D eigenvalue weighted by molar-refractivity contribution is -0.204. The lowest BCUT2D eigenvalue weighted by atomic mass is 9.87. The Bertz CT molecular complexity index is 588. The maximum Gasteiger partial charge on any atom is 0.237 e. The first-order valence-electron chi connectivity index (χ1n) is 13.3. The van der Waals surface area contributed by atoms with Gasteiger partial charge in [0.15, 0.2) is 0 Å². The van der Waals surface area contributed by atoms with Crippen LogP contribution in [-0.2, 0) is 9.53 Å². The third kappa shape index (κ3) is 9.41. The molecule has 2 unspecified atom stereocenters. The van der Waals surface area contributed by atoms with Crippen molar-refractivity contribution in [2.24, 2.45) is 5.92 Å². The molecule has 2 fully saturated rings. The number of carbonyl (C=O) groups excluding carboxylic acids is 1. The highest BCUT2D eigenvalue weighted by molar-refractivity contribution is 7.80. The van der Waals surface area contributed by atoms with Gasteiger partial charge in [-0.2, -0.15) is 0 Å². The van der Waals surface area contributed by atoms with Crippen molar-refractivity contribution in [3.8, 4) is 0 Å². The number of unbranched alkanes of at least 4 members (excludes halogenated alkanes) is 8. The van der Waals surface area contributed by atoms with Crippen LogP contribution >= 0.6 is 24.2 Å². The summed E-state index contributed by atoms with van der Waals surface area (Å²) in [4.78, 5) is 13.1. The van der Waals surface area contributed by atoms with Crippen LogP contribution in [0.5, 0.6) is 0 Å². The van der Waals surface area contributed by atoms with Gasteiger partial charge in [-0.05, 0) is 32.2 Å². The van der Waals surface area contributed by atoms with Crippen molar-refractivity contribution in [1.82, 2.24) is 10.6 Å². The highest BCUT2D eigenvalue weighted by Crippen LogP contribution is 2.28. The van der Waals surface area contributed by atoms with E-state index in [9.17, 15) is 20.1 Å². The monoisotopic (exact) mass is 522 g/mol. The first-order valence-corrected chi connectivity index (χ1v) is 14.3. The van der Waals surface area contributed by atoms with E-state index in [0.717, 1.165) is 25.8 Å². The van der Waals surface area contributed by atoms with Gasteiger partial charge < -0.3 is 30.7 Å².